The normalized spacial score (nSPS) is 14.8. The second-order valence-electron chi connectivity index (χ2n) is 6.86. The Balaban J connectivity index is 1.45. The molecule has 1 aliphatic rings. The van der Waals surface area contributed by atoms with Crippen LogP contribution in [0.3, 0.4) is 0 Å². The minimum atomic E-state index is -0.441. The SMILES string of the molecule is Cc1ccc(C=C2SC(=S)N(CCCC(=O)NNC(=O)c3ccc(Cl)cc3)C2=O)cc1. The van der Waals surface area contributed by atoms with Gasteiger partial charge >= 0.3 is 0 Å². The highest BCUT2D eigenvalue weighted by Crippen LogP contribution is 2.32. The van der Waals surface area contributed by atoms with Crippen molar-refractivity contribution in [3.63, 3.8) is 0 Å². The Morgan fingerprint density at radius 1 is 1.10 bits per heavy atom. The molecule has 2 N–H and O–H groups in total. The summed E-state index contributed by atoms with van der Waals surface area (Å²) in [6.45, 7) is 2.33. The first-order valence-electron chi connectivity index (χ1n) is 9.50. The molecule has 3 amide bonds. The van der Waals surface area contributed by atoms with E-state index in [1.165, 1.54) is 16.7 Å². The van der Waals surface area contributed by atoms with Gasteiger partial charge in [-0.15, -0.1) is 0 Å². The molecule has 0 unspecified atom stereocenters. The third-order valence-electron chi connectivity index (χ3n) is 4.46. The van der Waals surface area contributed by atoms with Gasteiger partial charge < -0.3 is 0 Å². The number of carbonyl (C=O) groups is 3. The van der Waals surface area contributed by atoms with Crippen molar-refractivity contribution in [2.45, 2.75) is 19.8 Å². The minimum Gasteiger partial charge on any atom is -0.293 e. The van der Waals surface area contributed by atoms with E-state index in [2.05, 4.69) is 10.9 Å². The highest BCUT2D eigenvalue weighted by atomic mass is 35.5. The first-order valence-corrected chi connectivity index (χ1v) is 11.1. The van der Waals surface area contributed by atoms with Gasteiger partial charge in [0.2, 0.25) is 5.91 Å². The number of benzene rings is 2. The fraction of sp³-hybridized carbons (Fsp3) is 0.182. The molecule has 160 valence electrons. The molecule has 1 aliphatic heterocycles. The van der Waals surface area contributed by atoms with Crippen molar-refractivity contribution in [2.24, 2.45) is 0 Å². The average molecular weight is 474 g/mol. The van der Waals surface area contributed by atoms with Crippen LogP contribution in [0, 0.1) is 6.92 Å². The number of thiocarbonyl (C=S) groups is 1. The zero-order chi connectivity index (χ0) is 22.4. The Bertz CT molecular complexity index is 1040. The fourth-order valence-corrected chi connectivity index (χ4v) is 4.20. The number of amides is 3. The van der Waals surface area contributed by atoms with Crippen molar-refractivity contribution in [1.29, 1.82) is 0 Å². The molecule has 1 fully saturated rings. The van der Waals surface area contributed by atoms with E-state index in [0.717, 1.165) is 11.1 Å². The monoisotopic (exact) mass is 473 g/mol. The van der Waals surface area contributed by atoms with Crippen LogP contribution < -0.4 is 10.9 Å². The zero-order valence-electron chi connectivity index (χ0n) is 16.7. The molecule has 0 spiro atoms. The van der Waals surface area contributed by atoms with Gasteiger partial charge in [0.15, 0.2) is 0 Å². The van der Waals surface area contributed by atoms with Gasteiger partial charge in [0.25, 0.3) is 11.8 Å². The Hall–Kier alpha value is -2.68. The summed E-state index contributed by atoms with van der Waals surface area (Å²) >= 11 is 12.4. The predicted octanol–water partition coefficient (Wildman–Crippen LogP) is 4.09. The van der Waals surface area contributed by atoms with Crippen LogP contribution in [0.15, 0.2) is 53.4 Å². The number of hydrazine groups is 1. The molecule has 9 heteroatoms. The lowest BCUT2D eigenvalue weighted by Crippen LogP contribution is -2.41. The molecule has 0 aromatic heterocycles. The van der Waals surface area contributed by atoms with Crippen molar-refractivity contribution in [1.82, 2.24) is 15.8 Å². The summed E-state index contributed by atoms with van der Waals surface area (Å²) in [4.78, 5) is 38.7. The van der Waals surface area contributed by atoms with Crippen molar-refractivity contribution < 1.29 is 14.4 Å². The van der Waals surface area contributed by atoms with Gasteiger partial charge in [-0.25, -0.2) is 0 Å². The molecular weight excluding hydrogens is 454 g/mol. The summed E-state index contributed by atoms with van der Waals surface area (Å²) in [6, 6.07) is 14.2. The maximum Gasteiger partial charge on any atom is 0.269 e. The van der Waals surface area contributed by atoms with Crippen molar-refractivity contribution in [3.8, 4) is 0 Å². The lowest BCUT2D eigenvalue weighted by atomic mass is 10.1. The summed E-state index contributed by atoms with van der Waals surface area (Å²) in [5.74, 6) is -0.960. The molecule has 6 nitrogen and oxygen atoms in total. The molecule has 1 heterocycles. The number of nitrogens with zero attached hydrogens (tertiary/aromatic N) is 1. The summed E-state index contributed by atoms with van der Waals surface area (Å²) < 4.78 is 0.472. The Morgan fingerprint density at radius 3 is 2.45 bits per heavy atom. The van der Waals surface area contributed by atoms with Crippen LogP contribution in [0.2, 0.25) is 5.02 Å². The summed E-state index contributed by atoms with van der Waals surface area (Å²) in [6.07, 6.45) is 2.36. The maximum atomic E-state index is 12.6. The number of halogens is 1. The molecule has 0 saturated carbocycles. The van der Waals surface area contributed by atoms with Crippen molar-refractivity contribution in [3.05, 3.63) is 75.1 Å². The van der Waals surface area contributed by atoms with Gasteiger partial charge in [-0.2, -0.15) is 0 Å². The van der Waals surface area contributed by atoms with Crippen LogP contribution in [0.4, 0.5) is 0 Å². The van der Waals surface area contributed by atoms with E-state index in [1.807, 2.05) is 37.3 Å². The number of hydrogen-bond acceptors (Lipinski definition) is 5. The van der Waals surface area contributed by atoms with Crippen LogP contribution in [0.5, 0.6) is 0 Å². The number of nitrogens with one attached hydrogen (secondary N) is 2. The Kier molecular flexibility index (Phi) is 7.84. The van der Waals surface area contributed by atoms with Gasteiger partial charge in [-0.3, -0.25) is 30.1 Å². The molecule has 1 saturated heterocycles. The quantitative estimate of drug-likeness (QED) is 0.375. The van der Waals surface area contributed by atoms with E-state index in [0.29, 0.717) is 32.8 Å². The summed E-state index contributed by atoms with van der Waals surface area (Å²) in [5.41, 5.74) is 7.17. The summed E-state index contributed by atoms with van der Waals surface area (Å²) in [5, 5.41) is 0.519. The fourth-order valence-electron chi connectivity index (χ4n) is 2.77. The molecule has 2 aromatic carbocycles. The van der Waals surface area contributed by atoms with E-state index >= 15 is 0 Å². The standard InChI is InChI=1S/C22H20ClN3O3S2/c1-14-4-6-15(7-5-14)13-18-21(29)26(22(30)31-18)12-2-3-19(27)24-25-20(28)16-8-10-17(23)11-9-16/h4-11,13H,2-3,12H2,1H3,(H,24,27)(H,25,28). The lowest BCUT2D eigenvalue weighted by Gasteiger charge is -2.14. The number of thioether (sulfide) groups is 1. The summed E-state index contributed by atoms with van der Waals surface area (Å²) in [7, 11) is 0. The average Bonchev–Trinajstić information content (AvgIpc) is 3.01. The largest absolute Gasteiger partial charge is 0.293 e. The molecule has 31 heavy (non-hydrogen) atoms. The number of rotatable bonds is 6. The molecule has 0 bridgehead atoms. The second-order valence-corrected chi connectivity index (χ2v) is 8.97. The van der Waals surface area contributed by atoms with Gasteiger partial charge in [-0.05, 0) is 49.2 Å². The number of aryl methyl sites for hydroxylation is 1. The number of hydrogen-bond donors (Lipinski definition) is 2. The third kappa shape index (κ3) is 6.40. The second kappa shape index (κ2) is 10.6. The zero-order valence-corrected chi connectivity index (χ0v) is 19.1. The van der Waals surface area contributed by atoms with E-state index < -0.39 is 5.91 Å². The van der Waals surface area contributed by atoms with E-state index in [-0.39, 0.29) is 18.2 Å². The van der Waals surface area contributed by atoms with Crippen LogP contribution in [0.25, 0.3) is 6.08 Å². The minimum absolute atomic E-state index is 0.134. The topological polar surface area (TPSA) is 78.5 Å². The Morgan fingerprint density at radius 2 is 1.77 bits per heavy atom. The third-order valence-corrected chi connectivity index (χ3v) is 6.09. The van der Waals surface area contributed by atoms with Crippen LogP contribution in [-0.2, 0) is 9.59 Å². The predicted molar refractivity (Wildman–Crippen MR) is 127 cm³/mol. The van der Waals surface area contributed by atoms with Crippen LogP contribution >= 0.6 is 35.6 Å². The smallest absolute Gasteiger partial charge is 0.269 e. The first-order chi connectivity index (χ1) is 14.8. The first kappa shape index (κ1) is 23.0. The molecule has 0 aliphatic carbocycles. The van der Waals surface area contributed by atoms with E-state index in [4.69, 9.17) is 23.8 Å². The van der Waals surface area contributed by atoms with Gasteiger partial charge in [0, 0.05) is 23.6 Å². The highest BCUT2D eigenvalue weighted by molar-refractivity contribution is 8.26. The van der Waals surface area contributed by atoms with Gasteiger partial charge in [-0.1, -0.05) is 65.4 Å². The van der Waals surface area contributed by atoms with Crippen LogP contribution in [0.1, 0.15) is 34.3 Å². The molecule has 0 atom stereocenters. The van der Waals surface area contributed by atoms with Gasteiger partial charge in [0.1, 0.15) is 4.32 Å². The van der Waals surface area contributed by atoms with Crippen LogP contribution in [-0.4, -0.2) is 33.5 Å². The van der Waals surface area contributed by atoms with Gasteiger partial charge in [0.05, 0.1) is 4.91 Å². The molecule has 2 aromatic rings. The number of carbonyl (C=O) groups excluding carboxylic acids is 3. The lowest BCUT2D eigenvalue weighted by molar-refractivity contribution is -0.124. The van der Waals surface area contributed by atoms with E-state index in [1.54, 1.807) is 24.3 Å². The Labute approximate surface area is 195 Å². The molecule has 0 radical (unpaired) electrons. The molecular formula is C22H20ClN3O3S2. The van der Waals surface area contributed by atoms with E-state index in [9.17, 15) is 14.4 Å². The highest BCUT2D eigenvalue weighted by Gasteiger charge is 2.31. The van der Waals surface area contributed by atoms with Crippen molar-refractivity contribution in [2.75, 3.05) is 6.54 Å². The molecule has 3 rings (SSSR count). The van der Waals surface area contributed by atoms with Crippen molar-refractivity contribution >= 4 is 63.7 Å². The maximum absolute atomic E-state index is 12.6.